The smallest absolute Gasteiger partial charge is 0.318 e. The number of rotatable bonds is 5. The number of carboxylic acids is 1. The van der Waals surface area contributed by atoms with Crippen molar-refractivity contribution in [3.63, 3.8) is 0 Å². The lowest BCUT2D eigenvalue weighted by Gasteiger charge is -2.17. The van der Waals surface area contributed by atoms with Crippen molar-refractivity contribution in [2.45, 2.75) is 4.90 Å². The highest BCUT2D eigenvalue weighted by molar-refractivity contribution is 7.89. The highest BCUT2D eigenvalue weighted by Gasteiger charge is 2.26. The maximum absolute atomic E-state index is 13.2. The molecule has 0 bridgehead atoms. The van der Waals surface area contributed by atoms with E-state index in [-0.39, 0.29) is 0 Å². The molecule has 20 heavy (non-hydrogen) atoms. The predicted molar refractivity (Wildman–Crippen MR) is 66.3 cm³/mol. The Kier molecular flexibility index (Phi) is 4.81. The van der Waals surface area contributed by atoms with Crippen molar-refractivity contribution in [3.05, 3.63) is 29.6 Å². The fraction of sp³-hybridized carbons (Fsp3) is 0.167. The number of benzene rings is 1. The summed E-state index contributed by atoms with van der Waals surface area (Å²) in [6.07, 6.45) is 5.00. The summed E-state index contributed by atoms with van der Waals surface area (Å²) in [5.74, 6) is -0.217. The minimum atomic E-state index is -4.22. The van der Waals surface area contributed by atoms with E-state index in [1.807, 2.05) is 5.92 Å². The number of hydrogen-bond donors (Lipinski definition) is 1. The first-order valence-electron chi connectivity index (χ1n) is 5.18. The van der Waals surface area contributed by atoms with Gasteiger partial charge in [-0.05, 0) is 18.2 Å². The van der Waals surface area contributed by atoms with Crippen LogP contribution < -0.4 is 0 Å². The van der Waals surface area contributed by atoms with Crippen LogP contribution in [-0.4, -0.2) is 36.9 Å². The zero-order valence-corrected chi connectivity index (χ0v) is 10.9. The standard InChI is InChI=1S/C12H9FN2O4S/c1-2-5-15(8-12(16)17)20(18,19)10-3-4-11(13)9(6-10)7-14/h1,3-4,6H,5,8H2,(H,16,17). The van der Waals surface area contributed by atoms with Gasteiger partial charge in [0.05, 0.1) is 17.0 Å². The van der Waals surface area contributed by atoms with Gasteiger partial charge in [0.15, 0.2) is 0 Å². The van der Waals surface area contributed by atoms with Crippen molar-refractivity contribution in [1.82, 2.24) is 4.31 Å². The molecule has 0 aliphatic rings. The number of halogens is 1. The van der Waals surface area contributed by atoms with E-state index in [0.717, 1.165) is 18.2 Å². The molecule has 0 heterocycles. The molecule has 0 aliphatic carbocycles. The van der Waals surface area contributed by atoms with E-state index in [1.165, 1.54) is 6.07 Å². The van der Waals surface area contributed by atoms with Crippen LogP contribution in [0.2, 0.25) is 0 Å². The molecule has 0 radical (unpaired) electrons. The van der Waals surface area contributed by atoms with E-state index in [1.54, 1.807) is 0 Å². The van der Waals surface area contributed by atoms with Crippen molar-refractivity contribution in [1.29, 1.82) is 5.26 Å². The van der Waals surface area contributed by atoms with E-state index in [4.69, 9.17) is 16.8 Å². The third-order valence-electron chi connectivity index (χ3n) is 2.28. The van der Waals surface area contributed by atoms with Crippen LogP contribution in [0, 0.1) is 29.5 Å². The van der Waals surface area contributed by atoms with Crippen LogP contribution in [0.4, 0.5) is 4.39 Å². The summed E-state index contributed by atoms with van der Waals surface area (Å²) in [4.78, 5) is 10.3. The molecule has 0 fully saturated rings. The first kappa shape index (κ1) is 15.6. The SMILES string of the molecule is C#CCN(CC(=O)O)S(=O)(=O)c1ccc(F)c(C#N)c1. The Morgan fingerprint density at radius 3 is 2.65 bits per heavy atom. The van der Waals surface area contributed by atoms with Crippen LogP contribution in [0.1, 0.15) is 5.56 Å². The van der Waals surface area contributed by atoms with Crippen LogP contribution in [0.25, 0.3) is 0 Å². The molecule has 0 saturated heterocycles. The Bertz CT molecular complexity index is 716. The van der Waals surface area contributed by atoms with E-state index >= 15 is 0 Å². The lowest BCUT2D eigenvalue weighted by Crippen LogP contribution is -2.36. The van der Waals surface area contributed by atoms with Crippen molar-refractivity contribution >= 4 is 16.0 Å². The largest absolute Gasteiger partial charge is 0.480 e. The minimum Gasteiger partial charge on any atom is -0.480 e. The monoisotopic (exact) mass is 296 g/mol. The van der Waals surface area contributed by atoms with Crippen LogP contribution in [0.5, 0.6) is 0 Å². The maximum atomic E-state index is 13.2. The van der Waals surface area contributed by atoms with Gasteiger partial charge in [0.25, 0.3) is 0 Å². The summed E-state index contributed by atoms with van der Waals surface area (Å²) in [5, 5.41) is 17.3. The lowest BCUT2D eigenvalue weighted by molar-refractivity contribution is -0.137. The van der Waals surface area contributed by atoms with E-state index < -0.39 is 45.4 Å². The summed E-state index contributed by atoms with van der Waals surface area (Å²) in [6, 6.07) is 4.10. The molecule has 8 heteroatoms. The second-order valence-corrected chi connectivity index (χ2v) is 5.56. The van der Waals surface area contributed by atoms with Gasteiger partial charge in [-0.25, -0.2) is 12.8 Å². The molecule has 0 saturated carbocycles. The first-order chi connectivity index (χ1) is 9.32. The second-order valence-electron chi connectivity index (χ2n) is 3.62. The normalized spacial score (nSPS) is 10.8. The van der Waals surface area contributed by atoms with Crippen LogP contribution in [0.15, 0.2) is 23.1 Å². The summed E-state index contributed by atoms with van der Waals surface area (Å²) in [5.41, 5.74) is -0.456. The van der Waals surface area contributed by atoms with Gasteiger partial charge in [-0.15, -0.1) is 6.42 Å². The summed E-state index contributed by atoms with van der Waals surface area (Å²) in [7, 11) is -4.22. The summed E-state index contributed by atoms with van der Waals surface area (Å²) in [6.45, 7) is -1.28. The number of terminal acetylenes is 1. The number of carboxylic acid groups (broad SMARTS) is 1. The number of nitrogens with zero attached hydrogens (tertiary/aromatic N) is 2. The molecule has 1 aromatic rings. The fourth-order valence-electron chi connectivity index (χ4n) is 1.38. The molecule has 1 aromatic carbocycles. The maximum Gasteiger partial charge on any atom is 0.318 e. The minimum absolute atomic E-state index is 0.396. The first-order valence-corrected chi connectivity index (χ1v) is 6.62. The molecule has 1 rings (SSSR count). The number of sulfonamides is 1. The van der Waals surface area contributed by atoms with Crippen molar-refractivity contribution in [2.75, 3.05) is 13.1 Å². The average molecular weight is 296 g/mol. The Hall–Kier alpha value is -2.42. The number of carbonyl (C=O) groups is 1. The summed E-state index contributed by atoms with van der Waals surface area (Å²) < 4.78 is 38.1. The third kappa shape index (κ3) is 3.32. The van der Waals surface area contributed by atoms with Gasteiger partial charge >= 0.3 is 5.97 Å². The Morgan fingerprint density at radius 2 is 2.15 bits per heavy atom. The van der Waals surface area contributed by atoms with Crippen LogP contribution in [0.3, 0.4) is 0 Å². The molecule has 0 amide bonds. The van der Waals surface area contributed by atoms with Crippen molar-refractivity contribution < 1.29 is 22.7 Å². The van der Waals surface area contributed by atoms with Gasteiger partial charge in [0.1, 0.15) is 18.4 Å². The van der Waals surface area contributed by atoms with Crippen molar-refractivity contribution in [2.24, 2.45) is 0 Å². The van der Waals surface area contributed by atoms with Gasteiger partial charge in [-0.1, -0.05) is 5.92 Å². The van der Waals surface area contributed by atoms with Gasteiger partial charge in [0, 0.05) is 0 Å². The van der Waals surface area contributed by atoms with Crippen LogP contribution in [-0.2, 0) is 14.8 Å². The molecule has 104 valence electrons. The molecule has 0 atom stereocenters. The highest BCUT2D eigenvalue weighted by Crippen LogP contribution is 2.18. The molecule has 0 aromatic heterocycles. The number of hydrogen-bond acceptors (Lipinski definition) is 4. The highest BCUT2D eigenvalue weighted by atomic mass is 32.2. The molecule has 0 unspecified atom stereocenters. The molecule has 6 nitrogen and oxygen atoms in total. The zero-order chi connectivity index (χ0) is 15.3. The van der Waals surface area contributed by atoms with Gasteiger partial charge in [-0.2, -0.15) is 9.57 Å². The van der Waals surface area contributed by atoms with Crippen molar-refractivity contribution in [3.8, 4) is 18.4 Å². The van der Waals surface area contributed by atoms with Gasteiger partial charge < -0.3 is 5.11 Å². The molecular formula is C12H9FN2O4S. The fourth-order valence-corrected chi connectivity index (χ4v) is 2.71. The lowest BCUT2D eigenvalue weighted by atomic mass is 10.2. The number of aliphatic carboxylic acids is 1. The Morgan fingerprint density at radius 1 is 1.50 bits per heavy atom. The number of nitriles is 1. The Balaban J connectivity index is 3.30. The average Bonchev–Trinajstić information content (AvgIpc) is 2.38. The zero-order valence-electron chi connectivity index (χ0n) is 10.1. The van der Waals surface area contributed by atoms with E-state index in [9.17, 15) is 17.6 Å². The molecular weight excluding hydrogens is 287 g/mol. The Labute approximate surface area is 115 Å². The molecule has 0 spiro atoms. The van der Waals surface area contributed by atoms with E-state index in [0.29, 0.717) is 4.31 Å². The van der Waals surface area contributed by atoms with Crippen LogP contribution >= 0.6 is 0 Å². The predicted octanol–water partition coefficient (Wildman–Crippen LogP) is 0.406. The second kappa shape index (κ2) is 6.15. The quantitative estimate of drug-likeness (QED) is 0.793. The topological polar surface area (TPSA) is 98.5 Å². The summed E-state index contributed by atoms with van der Waals surface area (Å²) >= 11 is 0. The molecule has 0 aliphatic heterocycles. The molecule has 1 N–H and O–H groups in total. The third-order valence-corrected chi connectivity index (χ3v) is 4.06. The van der Waals surface area contributed by atoms with Gasteiger partial charge in [-0.3, -0.25) is 4.79 Å². The van der Waals surface area contributed by atoms with Gasteiger partial charge in [0.2, 0.25) is 10.0 Å². The van der Waals surface area contributed by atoms with E-state index in [2.05, 4.69) is 0 Å².